The Hall–Kier alpha value is -2.18. The van der Waals surface area contributed by atoms with Crippen molar-refractivity contribution in [2.75, 3.05) is 5.32 Å². The first-order valence-electron chi connectivity index (χ1n) is 5.68. The van der Waals surface area contributed by atoms with Gasteiger partial charge >= 0.3 is 0 Å². The van der Waals surface area contributed by atoms with Crippen molar-refractivity contribution < 1.29 is 9.85 Å². The van der Waals surface area contributed by atoms with E-state index in [4.69, 9.17) is 0 Å². The summed E-state index contributed by atoms with van der Waals surface area (Å²) in [4.78, 5) is 20.3. The zero-order valence-electron chi connectivity index (χ0n) is 9.83. The van der Waals surface area contributed by atoms with Crippen molar-refractivity contribution in [3.05, 3.63) is 38.4 Å². The number of nitrogens with zero attached hydrogens (tertiary/aromatic N) is 2. The van der Waals surface area contributed by atoms with Gasteiger partial charge in [-0.3, -0.25) is 20.2 Å². The highest BCUT2D eigenvalue weighted by Crippen LogP contribution is 2.36. The van der Waals surface area contributed by atoms with Crippen LogP contribution in [0.2, 0.25) is 0 Å². The van der Waals surface area contributed by atoms with E-state index in [1.165, 1.54) is 12.1 Å². The van der Waals surface area contributed by atoms with E-state index >= 15 is 0 Å². The molecular weight excluding hydrogens is 238 g/mol. The van der Waals surface area contributed by atoms with Crippen LogP contribution in [0.15, 0.2) is 18.2 Å². The summed E-state index contributed by atoms with van der Waals surface area (Å²) in [5, 5.41) is 24.6. The van der Waals surface area contributed by atoms with Crippen LogP contribution in [0.1, 0.15) is 19.8 Å². The fourth-order valence-electron chi connectivity index (χ4n) is 1.87. The zero-order chi connectivity index (χ0) is 13.3. The second-order valence-electron chi connectivity index (χ2n) is 4.49. The van der Waals surface area contributed by atoms with Gasteiger partial charge in [0, 0.05) is 12.1 Å². The Morgan fingerprint density at radius 3 is 2.44 bits per heavy atom. The Morgan fingerprint density at radius 2 is 1.94 bits per heavy atom. The van der Waals surface area contributed by atoms with E-state index < -0.39 is 9.85 Å². The van der Waals surface area contributed by atoms with Gasteiger partial charge in [-0.05, 0) is 31.7 Å². The molecule has 0 radical (unpaired) electrons. The molecule has 0 saturated heterocycles. The van der Waals surface area contributed by atoms with E-state index in [-0.39, 0.29) is 17.4 Å². The van der Waals surface area contributed by atoms with Gasteiger partial charge in [0.15, 0.2) is 0 Å². The highest BCUT2D eigenvalue weighted by Gasteiger charge is 2.29. The first-order valence-corrected chi connectivity index (χ1v) is 5.68. The molecule has 1 aliphatic rings. The van der Waals surface area contributed by atoms with Gasteiger partial charge in [0.05, 0.1) is 15.9 Å². The van der Waals surface area contributed by atoms with Crippen LogP contribution >= 0.6 is 0 Å². The number of hydrogen-bond donors (Lipinski definition) is 1. The van der Waals surface area contributed by atoms with Crippen LogP contribution in [0.3, 0.4) is 0 Å². The lowest BCUT2D eigenvalue weighted by Gasteiger charge is -2.13. The van der Waals surface area contributed by atoms with E-state index in [1.807, 2.05) is 6.92 Å². The van der Waals surface area contributed by atoms with Crippen LogP contribution < -0.4 is 5.32 Å². The second kappa shape index (κ2) is 4.59. The first-order chi connectivity index (χ1) is 8.49. The largest absolute Gasteiger partial charge is 0.377 e. The average Bonchev–Trinajstić information content (AvgIpc) is 3.12. The molecule has 0 bridgehead atoms. The van der Waals surface area contributed by atoms with Gasteiger partial charge < -0.3 is 5.32 Å². The minimum Gasteiger partial charge on any atom is -0.377 e. The number of nitro benzene ring substituents is 2. The molecule has 96 valence electrons. The Kier molecular flexibility index (Phi) is 3.14. The van der Waals surface area contributed by atoms with Crippen molar-refractivity contribution in [1.82, 2.24) is 0 Å². The summed E-state index contributed by atoms with van der Waals surface area (Å²) < 4.78 is 0. The molecule has 1 saturated carbocycles. The maximum Gasteiger partial charge on any atom is 0.299 e. The Balaban J connectivity index is 2.27. The minimum absolute atomic E-state index is 0.144. The molecule has 1 aliphatic carbocycles. The number of hydrogen-bond acceptors (Lipinski definition) is 5. The summed E-state index contributed by atoms with van der Waals surface area (Å²) in [6.07, 6.45) is 2.24. The highest BCUT2D eigenvalue weighted by molar-refractivity contribution is 5.65. The van der Waals surface area contributed by atoms with Gasteiger partial charge in [-0.25, -0.2) is 0 Å². The van der Waals surface area contributed by atoms with Gasteiger partial charge in [-0.15, -0.1) is 0 Å². The number of non-ortho nitro benzene ring substituents is 1. The van der Waals surface area contributed by atoms with Crippen molar-refractivity contribution in [2.24, 2.45) is 5.92 Å². The lowest BCUT2D eigenvalue weighted by atomic mass is 10.2. The fraction of sp³-hybridized carbons (Fsp3) is 0.455. The number of rotatable bonds is 5. The van der Waals surface area contributed by atoms with Gasteiger partial charge in [0.2, 0.25) is 0 Å². The number of benzene rings is 1. The van der Waals surface area contributed by atoms with Crippen molar-refractivity contribution in [2.45, 2.75) is 25.8 Å². The van der Waals surface area contributed by atoms with E-state index in [2.05, 4.69) is 5.32 Å². The summed E-state index contributed by atoms with van der Waals surface area (Å²) in [7, 11) is 0. The molecule has 0 heterocycles. The standard InChI is InChI=1S/C11H13N3O4/c1-7(8-2-3-8)12-10-5-4-9(13(15)16)6-11(10)14(17)18/h4-8,12H,2-3H2,1H3/t7-/m0/s1. The maximum atomic E-state index is 10.9. The Bertz CT molecular complexity index is 499. The van der Waals surface area contributed by atoms with Crippen LogP contribution in [0.4, 0.5) is 17.1 Å². The molecule has 1 atom stereocenters. The van der Waals surface area contributed by atoms with Crippen LogP contribution in [0, 0.1) is 26.1 Å². The fourth-order valence-corrected chi connectivity index (χ4v) is 1.87. The Labute approximate surface area is 103 Å². The number of nitrogens with one attached hydrogen (secondary N) is 1. The van der Waals surface area contributed by atoms with Crippen molar-refractivity contribution in [3.8, 4) is 0 Å². The van der Waals surface area contributed by atoms with E-state index in [9.17, 15) is 20.2 Å². The molecule has 0 aromatic heterocycles. The molecule has 1 fully saturated rings. The first kappa shape index (κ1) is 12.3. The third-order valence-corrected chi connectivity index (χ3v) is 3.10. The lowest BCUT2D eigenvalue weighted by molar-refractivity contribution is -0.393. The minimum atomic E-state index is -0.638. The van der Waals surface area contributed by atoms with E-state index in [0.717, 1.165) is 18.9 Å². The van der Waals surface area contributed by atoms with Gasteiger partial charge in [-0.1, -0.05) is 0 Å². The third kappa shape index (κ3) is 2.55. The number of nitro groups is 2. The molecule has 1 aromatic rings. The third-order valence-electron chi connectivity index (χ3n) is 3.10. The molecule has 1 aromatic carbocycles. The molecule has 18 heavy (non-hydrogen) atoms. The predicted octanol–water partition coefficient (Wildman–Crippen LogP) is 2.71. The zero-order valence-corrected chi connectivity index (χ0v) is 9.83. The van der Waals surface area contributed by atoms with Crippen molar-refractivity contribution >= 4 is 17.1 Å². The molecule has 7 heteroatoms. The topological polar surface area (TPSA) is 98.3 Å². The highest BCUT2D eigenvalue weighted by atomic mass is 16.6. The molecule has 0 unspecified atom stereocenters. The Morgan fingerprint density at radius 1 is 1.28 bits per heavy atom. The lowest BCUT2D eigenvalue weighted by Crippen LogP contribution is -2.18. The molecular formula is C11H13N3O4. The smallest absolute Gasteiger partial charge is 0.299 e. The van der Waals surface area contributed by atoms with E-state index in [0.29, 0.717) is 11.6 Å². The molecule has 1 N–H and O–H groups in total. The van der Waals surface area contributed by atoms with Crippen LogP contribution in [-0.2, 0) is 0 Å². The quantitative estimate of drug-likeness (QED) is 0.640. The molecule has 0 aliphatic heterocycles. The van der Waals surface area contributed by atoms with Crippen molar-refractivity contribution in [3.63, 3.8) is 0 Å². The predicted molar refractivity (Wildman–Crippen MR) is 65.6 cm³/mol. The monoisotopic (exact) mass is 251 g/mol. The van der Waals surface area contributed by atoms with Crippen molar-refractivity contribution in [1.29, 1.82) is 0 Å². The number of anilines is 1. The summed E-state index contributed by atoms with van der Waals surface area (Å²) in [5.74, 6) is 0.541. The summed E-state index contributed by atoms with van der Waals surface area (Å²) >= 11 is 0. The van der Waals surface area contributed by atoms with Crippen LogP contribution in [0.25, 0.3) is 0 Å². The molecule has 2 rings (SSSR count). The summed E-state index contributed by atoms with van der Waals surface area (Å²) in [6.45, 7) is 1.96. The van der Waals surface area contributed by atoms with Gasteiger partial charge in [0.25, 0.3) is 11.4 Å². The summed E-state index contributed by atoms with van der Waals surface area (Å²) in [5.41, 5.74) is -0.187. The molecule has 0 spiro atoms. The SMILES string of the molecule is C[C@H](Nc1ccc([N+](=O)[O-])cc1[N+](=O)[O-])C1CC1. The average molecular weight is 251 g/mol. The van der Waals surface area contributed by atoms with Crippen LogP contribution in [0.5, 0.6) is 0 Å². The second-order valence-corrected chi connectivity index (χ2v) is 4.49. The maximum absolute atomic E-state index is 10.9. The van der Waals surface area contributed by atoms with Crippen LogP contribution in [-0.4, -0.2) is 15.9 Å². The van der Waals surface area contributed by atoms with E-state index in [1.54, 1.807) is 0 Å². The van der Waals surface area contributed by atoms with Gasteiger partial charge in [0.1, 0.15) is 5.69 Å². The summed E-state index contributed by atoms with van der Waals surface area (Å²) in [6, 6.07) is 3.80. The molecule has 0 amide bonds. The normalized spacial score (nSPS) is 16.1. The molecule has 7 nitrogen and oxygen atoms in total. The van der Waals surface area contributed by atoms with Gasteiger partial charge in [-0.2, -0.15) is 0 Å².